The molecule has 2 amide bonds. The molecule has 0 N–H and O–H groups in total. The van der Waals surface area contributed by atoms with Crippen LogP contribution in [0.5, 0.6) is 17.2 Å². The van der Waals surface area contributed by atoms with Crippen molar-refractivity contribution in [1.82, 2.24) is 4.90 Å². The summed E-state index contributed by atoms with van der Waals surface area (Å²) in [5, 5.41) is -0.276. The third-order valence-corrected chi connectivity index (χ3v) is 4.52. The zero-order valence-electron chi connectivity index (χ0n) is 13.4. The third kappa shape index (κ3) is 3.20. The summed E-state index contributed by atoms with van der Waals surface area (Å²) >= 11 is 0.917. The zero-order chi connectivity index (χ0) is 17.1. The predicted molar refractivity (Wildman–Crippen MR) is 88.3 cm³/mol. The number of ether oxygens (including phenoxy) is 4. The van der Waals surface area contributed by atoms with Crippen molar-refractivity contribution in [2.45, 2.75) is 6.42 Å². The lowest BCUT2D eigenvalue weighted by Crippen LogP contribution is -2.29. The fourth-order valence-electron chi connectivity index (χ4n) is 2.43. The Morgan fingerprint density at radius 3 is 2.71 bits per heavy atom. The highest BCUT2D eigenvalue weighted by atomic mass is 32.2. The largest absolute Gasteiger partial charge is 0.496 e. The Morgan fingerprint density at radius 1 is 1.25 bits per heavy atom. The van der Waals surface area contributed by atoms with Crippen LogP contribution in [0.2, 0.25) is 0 Å². The molecule has 2 aliphatic heterocycles. The van der Waals surface area contributed by atoms with Gasteiger partial charge in [-0.25, -0.2) is 0 Å². The maximum absolute atomic E-state index is 12.4. The number of amides is 2. The number of rotatable bonds is 6. The molecule has 1 aromatic carbocycles. The molecule has 8 heteroatoms. The molecule has 0 radical (unpaired) electrons. The van der Waals surface area contributed by atoms with Crippen molar-refractivity contribution < 1.29 is 28.5 Å². The van der Waals surface area contributed by atoms with Crippen molar-refractivity contribution in [3.05, 3.63) is 22.6 Å². The van der Waals surface area contributed by atoms with E-state index in [1.54, 1.807) is 25.3 Å². The van der Waals surface area contributed by atoms with E-state index >= 15 is 0 Å². The first-order valence-corrected chi connectivity index (χ1v) is 8.17. The van der Waals surface area contributed by atoms with Crippen LogP contribution in [-0.4, -0.2) is 50.2 Å². The molecule has 0 aliphatic carbocycles. The van der Waals surface area contributed by atoms with Gasteiger partial charge in [-0.2, -0.15) is 0 Å². The fourth-order valence-corrected chi connectivity index (χ4v) is 3.29. The molecule has 2 heterocycles. The molecule has 0 unspecified atom stereocenters. The van der Waals surface area contributed by atoms with Gasteiger partial charge in [0, 0.05) is 31.9 Å². The van der Waals surface area contributed by atoms with Gasteiger partial charge in [-0.15, -0.1) is 0 Å². The average Bonchev–Trinajstić information content (AvgIpc) is 3.13. The molecule has 1 aromatic rings. The summed E-state index contributed by atoms with van der Waals surface area (Å²) in [5.41, 5.74) is 0.657. The van der Waals surface area contributed by atoms with Crippen molar-refractivity contribution in [3.63, 3.8) is 0 Å². The summed E-state index contributed by atoms with van der Waals surface area (Å²) in [4.78, 5) is 26.0. The van der Waals surface area contributed by atoms with Gasteiger partial charge < -0.3 is 18.9 Å². The van der Waals surface area contributed by atoms with Gasteiger partial charge in [-0.05, 0) is 30.3 Å². The number of hydrogen-bond donors (Lipinski definition) is 0. The van der Waals surface area contributed by atoms with Gasteiger partial charge in [0.1, 0.15) is 5.75 Å². The molecule has 0 bridgehead atoms. The third-order valence-electron chi connectivity index (χ3n) is 3.62. The Kier molecular flexibility index (Phi) is 4.96. The van der Waals surface area contributed by atoms with E-state index in [1.807, 2.05) is 0 Å². The predicted octanol–water partition coefficient (Wildman–Crippen LogP) is 2.50. The molecule has 2 aliphatic rings. The number of fused-ring (bicyclic) bond motifs is 1. The van der Waals surface area contributed by atoms with Crippen LogP contribution < -0.4 is 14.2 Å². The van der Waals surface area contributed by atoms with Crippen molar-refractivity contribution in [1.29, 1.82) is 0 Å². The van der Waals surface area contributed by atoms with Crippen LogP contribution in [0.4, 0.5) is 4.79 Å². The van der Waals surface area contributed by atoms with E-state index in [-0.39, 0.29) is 17.9 Å². The number of benzene rings is 1. The van der Waals surface area contributed by atoms with Crippen LogP contribution in [0.15, 0.2) is 17.0 Å². The molecular weight excluding hydrogens is 334 g/mol. The molecule has 7 nitrogen and oxygen atoms in total. The van der Waals surface area contributed by atoms with E-state index in [0.717, 1.165) is 11.8 Å². The van der Waals surface area contributed by atoms with Gasteiger partial charge in [0.25, 0.3) is 11.1 Å². The molecule has 0 atom stereocenters. The summed E-state index contributed by atoms with van der Waals surface area (Å²) in [6.45, 7) is 0.989. The fraction of sp³-hybridized carbons (Fsp3) is 0.375. The monoisotopic (exact) mass is 351 g/mol. The van der Waals surface area contributed by atoms with Crippen molar-refractivity contribution in [2.24, 2.45) is 0 Å². The van der Waals surface area contributed by atoms with Gasteiger partial charge in [0.2, 0.25) is 6.79 Å². The lowest BCUT2D eigenvalue weighted by Gasteiger charge is -2.11. The average molecular weight is 351 g/mol. The minimum Gasteiger partial charge on any atom is -0.496 e. The van der Waals surface area contributed by atoms with Crippen LogP contribution in [0.25, 0.3) is 6.08 Å². The quantitative estimate of drug-likeness (QED) is 0.576. The summed E-state index contributed by atoms with van der Waals surface area (Å²) in [6, 6.07) is 3.44. The number of carbonyl (C=O) groups is 2. The molecule has 3 rings (SSSR count). The van der Waals surface area contributed by atoms with Crippen molar-refractivity contribution in [3.8, 4) is 17.2 Å². The molecule has 0 saturated carbocycles. The SMILES string of the molecule is COCCCN1C(=O)S/C(=C/c2cc3c(cc2OC)OCO3)C1=O. The van der Waals surface area contributed by atoms with Gasteiger partial charge in [0.05, 0.1) is 12.0 Å². The standard InChI is InChI=1S/C16H17NO6S/c1-20-5-3-4-17-15(18)14(24-16(17)19)7-10-6-12-13(23-9-22-12)8-11(10)21-2/h6-8H,3-5,9H2,1-2H3/b14-7+. The molecule has 1 fully saturated rings. The molecule has 128 valence electrons. The van der Waals surface area contributed by atoms with E-state index in [0.29, 0.717) is 47.3 Å². The first-order valence-electron chi connectivity index (χ1n) is 7.36. The van der Waals surface area contributed by atoms with Crippen LogP contribution in [0, 0.1) is 0 Å². The number of carbonyl (C=O) groups excluding carboxylic acids is 2. The van der Waals surface area contributed by atoms with Crippen molar-refractivity contribution in [2.75, 3.05) is 34.2 Å². The highest BCUT2D eigenvalue weighted by molar-refractivity contribution is 8.18. The number of hydrogen-bond acceptors (Lipinski definition) is 7. The Hall–Kier alpha value is -2.19. The molecule has 0 aromatic heterocycles. The van der Waals surface area contributed by atoms with Crippen molar-refractivity contribution >= 4 is 29.0 Å². The van der Waals surface area contributed by atoms with E-state index < -0.39 is 0 Å². The maximum atomic E-state index is 12.4. The molecule has 1 saturated heterocycles. The second-order valence-electron chi connectivity index (χ2n) is 5.13. The Bertz CT molecular complexity index is 702. The first-order chi connectivity index (χ1) is 11.6. The van der Waals surface area contributed by atoms with Gasteiger partial charge in [-0.1, -0.05) is 0 Å². The van der Waals surface area contributed by atoms with E-state index in [4.69, 9.17) is 18.9 Å². The first kappa shape index (κ1) is 16.7. The molecule has 0 spiro atoms. The van der Waals surface area contributed by atoms with Gasteiger partial charge in [-0.3, -0.25) is 14.5 Å². The number of thioether (sulfide) groups is 1. The van der Waals surface area contributed by atoms with Crippen LogP contribution in [0.3, 0.4) is 0 Å². The second-order valence-corrected chi connectivity index (χ2v) is 6.12. The Morgan fingerprint density at radius 2 is 2.00 bits per heavy atom. The molecule has 24 heavy (non-hydrogen) atoms. The summed E-state index contributed by atoms with van der Waals surface area (Å²) in [6.07, 6.45) is 2.25. The molecular formula is C16H17NO6S. The van der Waals surface area contributed by atoms with Crippen LogP contribution >= 0.6 is 11.8 Å². The number of nitrogens with zero attached hydrogens (tertiary/aromatic N) is 1. The highest BCUT2D eigenvalue weighted by Crippen LogP contribution is 2.40. The second kappa shape index (κ2) is 7.14. The summed E-state index contributed by atoms with van der Waals surface area (Å²) in [7, 11) is 3.12. The minimum atomic E-state index is -0.305. The summed E-state index contributed by atoms with van der Waals surface area (Å²) in [5.74, 6) is 1.42. The van der Waals surface area contributed by atoms with Gasteiger partial charge >= 0.3 is 0 Å². The summed E-state index contributed by atoms with van der Waals surface area (Å²) < 4.78 is 20.9. The van der Waals surface area contributed by atoms with E-state index in [1.165, 1.54) is 12.0 Å². The lowest BCUT2D eigenvalue weighted by atomic mass is 10.1. The number of imide groups is 1. The Balaban J connectivity index is 1.84. The minimum absolute atomic E-state index is 0.151. The van der Waals surface area contributed by atoms with Crippen LogP contribution in [0.1, 0.15) is 12.0 Å². The van der Waals surface area contributed by atoms with E-state index in [9.17, 15) is 9.59 Å². The Labute approximate surface area is 143 Å². The smallest absolute Gasteiger partial charge is 0.293 e. The zero-order valence-corrected chi connectivity index (χ0v) is 14.2. The lowest BCUT2D eigenvalue weighted by molar-refractivity contribution is -0.122. The van der Waals surface area contributed by atoms with Gasteiger partial charge in [0.15, 0.2) is 11.5 Å². The normalized spacial score (nSPS) is 17.9. The van der Waals surface area contributed by atoms with Crippen LogP contribution in [-0.2, 0) is 9.53 Å². The maximum Gasteiger partial charge on any atom is 0.293 e. The number of methoxy groups -OCH3 is 2. The van der Waals surface area contributed by atoms with E-state index in [2.05, 4.69) is 0 Å². The topological polar surface area (TPSA) is 74.3 Å². The highest BCUT2D eigenvalue weighted by Gasteiger charge is 2.34.